The number of rotatable bonds is 2. The van der Waals surface area contributed by atoms with Gasteiger partial charge in [-0.25, -0.2) is 15.0 Å². The van der Waals surface area contributed by atoms with Crippen LogP contribution < -0.4 is 0 Å². The van der Waals surface area contributed by atoms with Crippen molar-refractivity contribution in [3.05, 3.63) is 60.3 Å². The second-order valence-electron chi connectivity index (χ2n) is 4.65. The van der Waals surface area contributed by atoms with E-state index in [1.54, 1.807) is 55.7 Å². The van der Waals surface area contributed by atoms with Crippen molar-refractivity contribution in [1.82, 2.24) is 15.0 Å². The fourth-order valence-corrected chi connectivity index (χ4v) is 1.88. The lowest BCUT2D eigenvalue weighted by atomic mass is 10.1. The molecule has 0 bridgehead atoms. The van der Waals surface area contributed by atoms with E-state index in [1.807, 2.05) is 0 Å². The Balaban J connectivity index is 1.93. The Morgan fingerprint density at radius 3 is 2.19 bits per heavy atom. The summed E-state index contributed by atoms with van der Waals surface area (Å²) in [5, 5.41) is 9.26. The first-order valence-corrected chi connectivity index (χ1v) is 6.38. The van der Waals surface area contributed by atoms with Crippen LogP contribution in [0.2, 0.25) is 0 Å². The number of nitrogens with zero attached hydrogens (tertiary/aromatic N) is 3. The Kier molecular flexibility index (Phi) is 3.31. The predicted molar refractivity (Wildman–Crippen MR) is 77.1 cm³/mol. The molecule has 3 aromatic rings. The number of aryl methyl sites for hydroxylation is 1. The normalized spacial score (nSPS) is 10.6. The molecule has 0 aliphatic rings. The highest BCUT2D eigenvalue weighted by Gasteiger charge is 2.06. The Hall–Kier alpha value is -2.82. The van der Waals surface area contributed by atoms with Crippen LogP contribution in [0.5, 0.6) is 5.75 Å². The molecule has 0 atom stereocenters. The van der Waals surface area contributed by atoms with Crippen LogP contribution in [-0.2, 0) is 0 Å². The van der Waals surface area contributed by atoms with Crippen LogP contribution in [0.4, 0.5) is 4.39 Å². The quantitative estimate of drug-likeness (QED) is 0.732. The van der Waals surface area contributed by atoms with E-state index in [4.69, 9.17) is 0 Å². The first kappa shape index (κ1) is 13.2. The fourth-order valence-electron chi connectivity index (χ4n) is 1.88. The summed E-state index contributed by atoms with van der Waals surface area (Å²) < 4.78 is 13.5. The van der Waals surface area contributed by atoms with Gasteiger partial charge >= 0.3 is 0 Å². The summed E-state index contributed by atoms with van der Waals surface area (Å²) in [6.07, 6.45) is 3.21. The number of aromatic hydroxyl groups is 1. The Bertz CT molecular complexity index is 771. The van der Waals surface area contributed by atoms with Gasteiger partial charge in [-0.15, -0.1) is 0 Å². The van der Waals surface area contributed by atoms with Gasteiger partial charge in [0.25, 0.3) is 0 Å². The Morgan fingerprint density at radius 2 is 1.57 bits per heavy atom. The highest BCUT2D eigenvalue weighted by molar-refractivity contribution is 5.61. The molecule has 0 unspecified atom stereocenters. The highest BCUT2D eigenvalue weighted by Crippen LogP contribution is 2.21. The first-order valence-electron chi connectivity index (χ1n) is 6.38. The lowest BCUT2D eigenvalue weighted by Gasteiger charge is -2.04. The third kappa shape index (κ3) is 2.72. The van der Waals surface area contributed by atoms with Crippen molar-refractivity contribution in [2.45, 2.75) is 6.92 Å². The summed E-state index contributed by atoms with van der Waals surface area (Å²) in [5.41, 5.74) is 2.44. The van der Waals surface area contributed by atoms with Crippen molar-refractivity contribution in [3.63, 3.8) is 0 Å². The first-order chi connectivity index (χ1) is 10.1. The van der Waals surface area contributed by atoms with E-state index in [1.165, 1.54) is 0 Å². The number of aromatic nitrogens is 3. The van der Waals surface area contributed by atoms with Crippen LogP contribution in [0.3, 0.4) is 0 Å². The summed E-state index contributed by atoms with van der Waals surface area (Å²) in [6.45, 7) is 1.66. The van der Waals surface area contributed by atoms with Gasteiger partial charge in [-0.05, 0) is 37.3 Å². The summed E-state index contributed by atoms with van der Waals surface area (Å²) in [6, 6.07) is 10.0. The second-order valence-corrected chi connectivity index (χ2v) is 4.65. The second kappa shape index (κ2) is 5.28. The van der Waals surface area contributed by atoms with Crippen molar-refractivity contribution < 1.29 is 9.50 Å². The zero-order chi connectivity index (χ0) is 14.8. The van der Waals surface area contributed by atoms with Gasteiger partial charge in [-0.2, -0.15) is 4.39 Å². The lowest BCUT2D eigenvalue weighted by molar-refractivity contribution is 0.475. The van der Waals surface area contributed by atoms with E-state index in [0.29, 0.717) is 22.6 Å². The van der Waals surface area contributed by atoms with E-state index in [9.17, 15) is 9.50 Å². The van der Waals surface area contributed by atoms with Gasteiger partial charge < -0.3 is 5.11 Å². The number of pyridine rings is 1. The monoisotopic (exact) mass is 281 g/mol. The van der Waals surface area contributed by atoms with E-state index >= 15 is 0 Å². The van der Waals surface area contributed by atoms with Crippen molar-refractivity contribution in [3.8, 4) is 28.4 Å². The predicted octanol–water partition coefficient (Wildman–Crippen LogP) is 3.36. The molecule has 21 heavy (non-hydrogen) atoms. The van der Waals surface area contributed by atoms with Gasteiger partial charge in [-0.3, -0.25) is 0 Å². The zero-order valence-corrected chi connectivity index (χ0v) is 11.3. The van der Waals surface area contributed by atoms with Crippen molar-refractivity contribution in [2.24, 2.45) is 0 Å². The zero-order valence-electron chi connectivity index (χ0n) is 11.3. The van der Waals surface area contributed by atoms with Crippen molar-refractivity contribution in [1.29, 1.82) is 0 Å². The minimum atomic E-state index is -0.491. The van der Waals surface area contributed by atoms with Gasteiger partial charge in [-0.1, -0.05) is 6.07 Å². The maximum atomic E-state index is 13.5. The van der Waals surface area contributed by atoms with Crippen molar-refractivity contribution in [2.75, 3.05) is 0 Å². The summed E-state index contributed by atoms with van der Waals surface area (Å²) in [5.74, 6) is 0.233. The van der Waals surface area contributed by atoms with Gasteiger partial charge in [0, 0.05) is 29.1 Å². The van der Waals surface area contributed by atoms with Gasteiger partial charge in [0.15, 0.2) is 5.82 Å². The average Bonchev–Trinajstić information content (AvgIpc) is 2.51. The highest BCUT2D eigenvalue weighted by atomic mass is 19.1. The summed E-state index contributed by atoms with van der Waals surface area (Å²) in [7, 11) is 0. The van der Waals surface area contributed by atoms with E-state index in [0.717, 1.165) is 5.56 Å². The topological polar surface area (TPSA) is 58.9 Å². The minimum Gasteiger partial charge on any atom is -0.508 e. The maximum absolute atomic E-state index is 13.5. The standard InChI is InChI=1S/C16H12FN3O/c1-10-2-7-14(20-15(10)17)12-8-18-16(19-9-12)11-3-5-13(21)6-4-11/h2-9,21H,1H3. The van der Waals surface area contributed by atoms with Gasteiger partial charge in [0.05, 0.1) is 5.69 Å². The number of phenols is 1. The largest absolute Gasteiger partial charge is 0.508 e. The molecule has 1 aromatic carbocycles. The lowest BCUT2D eigenvalue weighted by Crippen LogP contribution is -1.94. The van der Waals surface area contributed by atoms with Gasteiger partial charge in [0.1, 0.15) is 5.75 Å². The molecule has 104 valence electrons. The molecular weight excluding hydrogens is 269 g/mol. The molecular formula is C16H12FN3O. The van der Waals surface area contributed by atoms with E-state index < -0.39 is 5.95 Å². The minimum absolute atomic E-state index is 0.190. The van der Waals surface area contributed by atoms with E-state index in [2.05, 4.69) is 15.0 Å². The molecule has 2 aromatic heterocycles. The number of halogens is 1. The molecule has 0 fully saturated rings. The maximum Gasteiger partial charge on any atom is 0.216 e. The molecule has 0 saturated carbocycles. The molecule has 0 amide bonds. The van der Waals surface area contributed by atoms with Gasteiger partial charge in [0.2, 0.25) is 5.95 Å². The average molecular weight is 281 g/mol. The summed E-state index contributed by atoms with van der Waals surface area (Å²) >= 11 is 0. The molecule has 0 aliphatic carbocycles. The SMILES string of the molecule is Cc1ccc(-c2cnc(-c3ccc(O)cc3)nc2)nc1F. The van der Waals surface area contributed by atoms with Crippen LogP contribution >= 0.6 is 0 Å². The van der Waals surface area contributed by atoms with Crippen LogP contribution in [0.15, 0.2) is 48.8 Å². The van der Waals surface area contributed by atoms with Crippen LogP contribution in [0.1, 0.15) is 5.56 Å². The molecule has 3 rings (SSSR count). The molecule has 0 saturated heterocycles. The van der Waals surface area contributed by atoms with Crippen LogP contribution in [0.25, 0.3) is 22.6 Å². The molecule has 0 spiro atoms. The smallest absolute Gasteiger partial charge is 0.216 e. The van der Waals surface area contributed by atoms with Crippen molar-refractivity contribution >= 4 is 0 Å². The van der Waals surface area contributed by atoms with E-state index in [-0.39, 0.29) is 5.75 Å². The third-order valence-electron chi connectivity index (χ3n) is 3.11. The molecule has 4 nitrogen and oxygen atoms in total. The molecule has 0 radical (unpaired) electrons. The summed E-state index contributed by atoms with van der Waals surface area (Å²) in [4.78, 5) is 12.4. The molecule has 1 N–H and O–H groups in total. The molecule has 5 heteroatoms. The fraction of sp³-hybridized carbons (Fsp3) is 0.0625. The molecule has 2 heterocycles. The Labute approximate surface area is 121 Å². The number of hydrogen-bond acceptors (Lipinski definition) is 4. The molecule has 0 aliphatic heterocycles. The Morgan fingerprint density at radius 1 is 0.905 bits per heavy atom. The van der Waals surface area contributed by atoms with Crippen LogP contribution in [0, 0.1) is 12.9 Å². The van der Waals surface area contributed by atoms with Crippen LogP contribution in [-0.4, -0.2) is 20.1 Å². The number of phenolic OH excluding ortho intramolecular Hbond substituents is 1. The third-order valence-corrected chi connectivity index (χ3v) is 3.11. The number of hydrogen-bond donors (Lipinski definition) is 1. The number of benzene rings is 1.